The number of ether oxygens (including phenoxy) is 1. The van der Waals surface area contributed by atoms with Gasteiger partial charge in [-0.2, -0.15) is 0 Å². The van der Waals surface area contributed by atoms with Crippen LogP contribution in [0.2, 0.25) is 0 Å². The van der Waals surface area contributed by atoms with Crippen molar-refractivity contribution >= 4 is 5.91 Å². The van der Waals surface area contributed by atoms with Gasteiger partial charge in [-0.05, 0) is 18.4 Å². The Morgan fingerprint density at radius 1 is 1.30 bits per heavy atom. The standard InChI is InChI=1S/C17H27NO2/c1-4-6-9-14(5-2)13-18-17(19)12-15-10-7-8-11-16(15)20-3/h7-8,10-11,14H,4-6,9,12-13H2,1-3H3,(H,18,19)/t14-/m0/s1. The number of carbonyl (C=O) groups is 1. The van der Waals surface area contributed by atoms with E-state index in [9.17, 15) is 4.79 Å². The average molecular weight is 277 g/mol. The van der Waals surface area contributed by atoms with Gasteiger partial charge in [-0.3, -0.25) is 4.79 Å². The van der Waals surface area contributed by atoms with Gasteiger partial charge >= 0.3 is 0 Å². The molecule has 0 saturated carbocycles. The Morgan fingerprint density at radius 2 is 2.05 bits per heavy atom. The molecule has 0 aliphatic rings. The van der Waals surface area contributed by atoms with Crippen molar-refractivity contribution in [3.63, 3.8) is 0 Å². The summed E-state index contributed by atoms with van der Waals surface area (Å²) in [6, 6.07) is 7.67. The number of amides is 1. The number of hydrogen-bond acceptors (Lipinski definition) is 2. The van der Waals surface area contributed by atoms with Crippen LogP contribution >= 0.6 is 0 Å². The second-order valence-corrected chi connectivity index (χ2v) is 5.21. The molecule has 0 aliphatic heterocycles. The van der Waals surface area contributed by atoms with Crippen LogP contribution < -0.4 is 10.1 Å². The van der Waals surface area contributed by atoms with Gasteiger partial charge in [-0.1, -0.05) is 51.3 Å². The molecule has 0 saturated heterocycles. The predicted molar refractivity (Wildman–Crippen MR) is 83.0 cm³/mol. The van der Waals surface area contributed by atoms with Crippen LogP contribution in [0.3, 0.4) is 0 Å². The van der Waals surface area contributed by atoms with E-state index in [2.05, 4.69) is 19.2 Å². The largest absolute Gasteiger partial charge is 0.496 e. The number of benzene rings is 1. The van der Waals surface area contributed by atoms with Crippen LogP contribution in [0.25, 0.3) is 0 Å². The van der Waals surface area contributed by atoms with Crippen molar-refractivity contribution in [3.05, 3.63) is 29.8 Å². The van der Waals surface area contributed by atoms with Crippen LogP contribution in [0.5, 0.6) is 5.75 Å². The van der Waals surface area contributed by atoms with E-state index in [1.807, 2.05) is 24.3 Å². The van der Waals surface area contributed by atoms with Crippen molar-refractivity contribution in [2.75, 3.05) is 13.7 Å². The highest BCUT2D eigenvalue weighted by Crippen LogP contribution is 2.17. The maximum Gasteiger partial charge on any atom is 0.224 e. The quantitative estimate of drug-likeness (QED) is 0.749. The van der Waals surface area contributed by atoms with E-state index < -0.39 is 0 Å². The van der Waals surface area contributed by atoms with Crippen LogP contribution in [0.15, 0.2) is 24.3 Å². The number of nitrogens with one attached hydrogen (secondary N) is 1. The zero-order chi connectivity index (χ0) is 14.8. The maximum atomic E-state index is 12.0. The number of para-hydroxylation sites is 1. The molecule has 1 aromatic carbocycles. The normalized spacial score (nSPS) is 11.9. The van der Waals surface area contributed by atoms with Gasteiger partial charge < -0.3 is 10.1 Å². The molecule has 1 N–H and O–H groups in total. The lowest BCUT2D eigenvalue weighted by Gasteiger charge is -2.15. The van der Waals surface area contributed by atoms with Crippen LogP contribution in [-0.2, 0) is 11.2 Å². The summed E-state index contributed by atoms with van der Waals surface area (Å²) in [5.41, 5.74) is 0.939. The van der Waals surface area contributed by atoms with E-state index in [1.165, 1.54) is 19.3 Å². The van der Waals surface area contributed by atoms with Crippen molar-refractivity contribution in [2.24, 2.45) is 5.92 Å². The third-order valence-corrected chi connectivity index (χ3v) is 3.67. The van der Waals surface area contributed by atoms with Gasteiger partial charge in [0.2, 0.25) is 5.91 Å². The van der Waals surface area contributed by atoms with Gasteiger partial charge in [-0.25, -0.2) is 0 Å². The van der Waals surface area contributed by atoms with Gasteiger partial charge in [0.25, 0.3) is 0 Å². The zero-order valence-corrected chi connectivity index (χ0v) is 12.9. The van der Waals surface area contributed by atoms with Crippen molar-refractivity contribution in [2.45, 2.75) is 46.0 Å². The average Bonchev–Trinajstić information content (AvgIpc) is 2.48. The first-order valence-electron chi connectivity index (χ1n) is 7.59. The van der Waals surface area contributed by atoms with Crippen molar-refractivity contribution in [1.82, 2.24) is 5.32 Å². The number of rotatable bonds is 9. The lowest BCUT2D eigenvalue weighted by Crippen LogP contribution is -2.30. The molecule has 1 aromatic rings. The molecule has 0 heterocycles. The van der Waals surface area contributed by atoms with Gasteiger partial charge in [-0.15, -0.1) is 0 Å². The molecule has 0 unspecified atom stereocenters. The second-order valence-electron chi connectivity index (χ2n) is 5.21. The highest BCUT2D eigenvalue weighted by molar-refractivity contribution is 5.79. The van der Waals surface area contributed by atoms with Crippen LogP contribution in [0, 0.1) is 5.92 Å². The molecule has 20 heavy (non-hydrogen) atoms. The fourth-order valence-corrected chi connectivity index (χ4v) is 2.29. The Morgan fingerprint density at radius 3 is 2.70 bits per heavy atom. The predicted octanol–water partition coefficient (Wildman–Crippen LogP) is 3.57. The van der Waals surface area contributed by atoms with Crippen molar-refractivity contribution < 1.29 is 9.53 Å². The molecule has 1 atom stereocenters. The van der Waals surface area contributed by atoms with Crippen LogP contribution in [0.1, 0.15) is 45.1 Å². The van der Waals surface area contributed by atoms with E-state index >= 15 is 0 Å². The van der Waals surface area contributed by atoms with E-state index in [0.29, 0.717) is 12.3 Å². The Bertz CT molecular complexity index is 404. The number of carbonyl (C=O) groups excluding carboxylic acids is 1. The molecule has 3 heteroatoms. The molecule has 0 aromatic heterocycles. The summed E-state index contributed by atoms with van der Waals surface area (Å²) in [6.45, 7) is 5.17. The molecule has 1 rings (SSSR count). The summed E-state index contributed by atoms with van der Waals surface area (Å²) in [5, 5.41) is 3.05. The molecule has 0 bridgehead atoms. The van der Waals surface area contributed by atoms with Gasteiger partial charge in [0.15, 0.2) is 0 Å². The van der Waals surface area contributed by atoms with Gasteiger partial charge in [0, 0.05) is 12.1 Å². The number of hydrogen-bond donors (Lipinski definition) is 1. The topological polar surface area (TPSA) is 38.3 Å². The lowest BCUT2D eigenvalue weighted by atomic mass is 9.99. The highest BCUT2D eigenvalue weighted by atomic mass is 16.5. The molecule has 0 aliphatic carbocycles. The van der Waals surface area contributed by atoms with E-state index in [0.717, 1.165) is 24.3 Å². The Labute approximate surface area is 122 Å². The van der Waals surface area contributed by atoms with Gasteiger partial charge in [0.1, 0.15) is 5.75 Å². The van der Waals surface area contributed by atoms with E-state index in [1.54, 1.807) is 7.11 Å². The molecule has 112 valence electrons. The first kappa shape index (κ1) is 16.5. The fourth-order valence-electron chi connectivity index (χ4n) is 2.29. The minimum atomic E-state index is 0.0736. The zero-order valence-electron chi connectivity index (χ0n) is 12.9. The Hall–Kier alpha value is -1.51. The minimum absolute atomic E-state index is 0.0736. The SMILES string of the molecule is CCCC[C@H](CC)CNC(=O)Cc1ccccc1OC. The summed E-state index contributed by atoms with van der Waals surface area (Å²) in [6.07, 6.45) is 5.15. The third-order valence-electron chi connectivity index (χ3n) is 3.67. The highest BCUT2D eigenvalue weighted by Gasteiger charge is 2.10. The lowest BCUT2D eigenvalue weighted by molar-refractivity contribution is -0.120. The maximum absolute atomic E-state index is 12.0. The van der Waals surface area contributed by atoms with E-state index in [4.69, 9.17) is 4.74 Å². The summed E-state index contributed by atoms with van der Waals surface area (Å²) in [4.78, 5) is 12.0. The molecule has 1 amide bonds. The van der Waals surface area contributed by atoms with Crippen molar-refractivity contribution in [1.29, 1.82) is 0 Å². The summed E-state index contributed by atoms with van der Waals surface area (Å²) in [5.74, 6) is 1.45. The van der Waals surface area contributed by atoms with Gasteiger partial charge in [0.05, 0.1) is 13.5 Å². The Kier molecular flexibility index (Phi) is 7.78. The monoisotopic (exact) mass is 277 g/mol. The third kappa shape index (κ3) is 5.64. The number of methoxy groups -OCH3 is 1. The molecule has 0 spiro atoms. The second kappa shape index (κ2) is 9.40. The first-order chi connectivity index (χ1) is 9.71. The summed E-state index contributed by atoms with van der Waals surface area (Å²) < 4.78 is 5.27. The summed E-state index contributed by atoms with van der Waals surface area (Å²) >= 11 is 0. The fraction of sp³-hybridized carbons (Fsp3) is 0.588. The smallest absolute Gasteiger partial charge is 0.224 e. The van der Waals surface area contributed by atoms with E-state index in [-0.39, 0.29) is 5.91 Å². The minimum Gasteiger partial charge on any atom is -0.496 e. The molecule has 0 radical (unpaired) electrons. The Balaban J connectivity index is 2.43. The number of unbranched alkanes of at least 4 members (excludes halogenated alkanes) is 1. The molecule has 0 fully saturated rings. The molecular weight excluding hydrogens is 250 g/mol. The summed E-state index contributed by atoms with van der Waals surface area (Å²) in [7, 11) is 1.63. The van der Waals surface area contributed by atoms with Crippen LogP contribution in [0.4, 0.5) is 0 Å². The van der Waals surface area contributed by atoms with Crippen LogP contribution in [-0.4, -0.2) is 19.6 Å². The van der Waals surface area contributed by atoms with Crippen molar-refractivity contribution in [3.8, 4) is 5.75 Å². The molecular formula is C17H27NO2. The molecule has 3 nitrogen and oxygen atoms in total. The first-order valence-corrected chi connectivity index (χ1v) is 7.59.